The van der Waals surface area contributed by atoms with Gasteiger partial charge in [0.2, 0.25) is 0 Å². The second kappa shape index (κ2) is 10.3. The van der Waals surface area contributed by atoms with Crippen LogP contribution >= 0.6 is 0 Å². The van der Waals surface area contributed by atoms with Crippen LogP contribution in [0.4, 0.5) is 4.79 Å². The summed E-state index contributed by atoms with van der Waals surface area (Å²) in [7, 11) is 1.36. The number of amides is 1. The van der Waals surface area contributed by atoms with Crippen molar-refractivity contribution >= 4 is 24.3 Å². The molecule has 0 aliphatic carbocycles. The first kappa shape index (κ1) is 22.0. The van der Waals surface area contributed by atoms with Gasteiger partial charge in [0.1, 0.15) is 11.8 Å². The number of carboxylic acid groups (broad SMARTS) is 2. The topological polar surface area (TPSA) is 140 Å². The lowest BCUT2D eigenvalue weighted by Gasteiger charge is -2.32. The van der Waals surface area contributed by atoms with E-state index in [-0.39, 0.29) is 48.8 Å². The summed E-state index contributed by atoms with van der Waals surface area (Å²) in [5.74, 6) is -1.77. The highest BCUT2D eigenvalue weighted by Crippen LogP contribution is 2.35. The molecule has 1 saturated heterocycles. The van der Waals surface area contributed by atoms with Gasteiger partial charge in [0.15, 0.2) is 17.8 Å². The lowest BCUT2D eigenvalue weighted by molar-refractivity contribution is -0.143. The molecule has 1 atom stereocenters. The number of hydrogen-bond donors (Lipinski definition) is 2. The maximum atomic E-state index is 12.5. The Bertz CT molecular complexity index is 777. The van der Waals surface area contributed by atoms with Crippen molar-refractivity contribution in [1.29, 1.82) is 0 Å². The molecule has 1 fully saturated rings. The van der Waals surface area contributed by atoms with Gasteiger partial charge in [-0.2, -0.15) is 0 Å². The molecule has 0 saturated carbocycles. The Morgan fingerprint density at radius 2 is 1.93 bits per heavy atom. The largest absolute Gasteiger partial charge is 0.493 e. The van der Waals surface area contributed by atoms with Gasteiger partial charge >= 0.3 is 18.0 Å². The Hall–Kier alpha value is -3.30. The molecule has 1 heterocycles. The lowest BCUT2D eigenvalue weighted by Crippen LogP contribution is -2.49. The number of nitrogens with zero attached hydrogens (tertiary/aromatic N) is 1. The summed E-state index contributed by atoms with van der Waals surface area (Å²) in [4.78, 5) is 47.0. The molecule has 2 rings (SSSR count). The fourth-order valence-electron chi connectivity index (χ4n) is 2.97. The molecule has 158 valence electrons. The van der Waals surface area contributed by atoms with Gasteiger partial charge in [-0.3, -0.25) is 14.5 Å². The Morgan fingerprint density at radius 3 is 2.55 bits per heavy atom. The van der Waals surface area contributed by atoms with Crippen LogP contribution in [0.5, 0.6) is 17.2 Å². The second-order valence-corrected chi connectivity index (χ2v) is 6.42. The van der Waals surface area contributed by atoms with E-state index >= 15 is 0 Å². The third kappa shape index (κ3) is 5.84. The number of benzene rings is 1. The number of carbonyl (C=O) groups excluding carboxylic acids is 2. The highest BCUT2D eigenvalue weighted by molar-refractivity contribution is 5.85. The summed E-state index contributed by atoms with van der Waals surface area (Å²) in [5, 5.41) is 18.0. The summed E-state index contributed by atoms with van der Waals surface area (Å²) < 4.78 is 16.0. The van der Waals surface area contributed by atoms with Gasteiger partial charge in [-0.1, -0.05) is 0 Å². The number of carbonyl (C=O) groups is 4. The van der Waals surface area contributed by atoms with Crippen molar-refractivity contribution < 1.29 is 43.6 Å². The molecule has 0 aromatic heterocycles. The molecule has 10 heteroatoms. The van der Waals surface area contributed by atoms with Crippen molar-refractivity contribution in [2.24, 2.45) is 0 Å². The van der Waals surface area contributed by atoms with E-state index in [1.54, 1.807) is 0 Å². The van der Waals surface area contributed by atoms with Crippen LogP contribution in [0.3, 0.4) is 0 Å². The van der Waals surface area contributed by atoms with Crippen LogP contribution in [-0.2, 0) is 9.59 Å². The molecule has 1 amide bonds. The average Bonchev–Trinajstić information content (AvgIpc) is 2.71. The molecule has 1 unspecified atom stereocenters. The first-order valence-corrected chi connectivity index (χ1v) is 9.10. The van der Waals surface area contributed by atoms with Gasteiger partial charge in [0, 0.05) is 19.0 Å². The predicted molar refractivity (Wildman–Crippen MR) is 98.8 cm³/mol. The fraction of sp³-hybridized carbons (Fsp3) is 0.474. The number of ether oxygens (including phenoxy) is 3. The van der Waals surface area contributed by atoms with Crippen molar-refractivity contribution in [3.63, 3.8) is 0 Å². The van der Waals surface area contributed by atoms with Gasteiger partial charge in [-0.25, -0.2) is 9.59 Å². The number of likely N-dealkylation sites (tertiary alicyclic amines) is 1. The summed E-state index contributed by atoms with van der Waals surface area (Å²) in [6.07, 6.45) is 1.48. The van der Waals surface area contributed by atoms with E-state index < -0.39 is 24.1 Å². The second-order valence-electron chi connectivity index (χ2n) is 6.42. The summed E-state index contributed by atoms with van der Waals surface area (Å²) >= 11 is 0. The van der Waals surface area contributed by atoms with E-state index in [4.69, 9.17) is 19.3 Å². The van der Waals surface area contributed by atoms with Crippen molar-refractivity contribution in [2.45, 2.75) is 38.1 Å². The third-order valence-corrected chi connectivity index (χ3v) is 4.44. The van der Waals surface area contributed by atoms with Crippen molar-refractivity contribution in [2.75, 3.05) is 20.3 Å². The highest BCUT2D eigenvalue weighted by atomic mass is 16.6. The number of aliphatic carboxylic acids is 2. The number of methoxy groups -OCH3 is 1. The predicted octanol–water partition coefficient (Wildman–Crippen LogP) is 2.19. The zero-order valence-corrected chi connectivity index (χ0v) is 16.0. The molecule has 1 aromatic carbocycles. The van der Waals surface area contributed by atoms with Gasteiger partial charge in [0.05, 0.1) is 19.3 Å². The normalized spacial score (nSPS) is 16.0. The molecule has 29 heavy (non-hydrogen) atoms. The van der Waals surface area contributed by atoms with Crippen LogP contribution in [0.2, 0.25) is 0 Å². The zero-order valence-electron chi connectivity index (χ0n) is 16.0. The van der Waals surface area contributed by atoms with Gasteiger partial charge in [0.25, 0.3) is 0 Å². The van der Waals surface area contributed by atoms with E-state index in [1.807, 2.05) is 0 Å². The summed E-state index contributed by atoms with van der Waals surface area (Å²) in [6.45, 7) is 0.336. The molecule has 2 N–H and O–H groups in total. The van der Waals surface area contributed by atoms with E-state index in [1.165, 1.54) is 19.2 Å². The third-order valence-electron chi connectivity index (χ3n) is 4.44. The summed E-state index contributed by atoms with van der Waals surface area (Å²) in [5.41, 5.74) is 0.0104. The Morgan fingerprint density at radius 1 is 1.17 bits per heavy atom. The van der Waals surface area contributed by atoms with Gasteiger partial charge < -0.3 is 24.4 Å². The first-order chi connectivity index (χ1) is 13.9. The molecule has 1 aromatic rings. The van der Waals surface area contributed by atoms with Gasteiger partial charge in [-0.15, -0.1) is 0 Å². The average molecular weight is 409 g/mol. The first-order valence-electron chi connectivity index (χ1n) is 9.10. The van der Waals surface area contributed by atoms with E-state index in [9.17, 15) is 24.3 Å². The number of carboxylic acids is 2. The lowest BCUT2D eigenvalue weighted by atomic mass is 10.0. The van der Waals surface area contributed by atoms with E-state index in [0.29, 0.717) is 25.5 Å². The van der Waals surface area contributed by atoms with E-state index in [0.717, 1.165) is 4.90 Å². The SMILES string of the molecule is COc1cc(OC(=O)N2CCCCC2C(=O)O)c(C=O)cc1OCCCC(=O)O. The maximum absolute atomic E-state index is 12.5. The summed E-state index contributed by atoms with van der Waals surface area (Å²) in [6, 6.07) is 1.64. The zero-order chi connectivity index (χ0) is 21.4. The number of aldehydes is 1. The van der Waals surface area contributed by atoms with Gasteiger partial charge in [-0.05, 0) is 31.7 Å². The standard InChI is InChI=1S/C19H23NO9/c1-27-15-10-14(12(11-21)9-16(15)28-8-4-6-17(22)23)29-19(26)20-7-3-2-5-13(20)18(24)25/h9-11,13H,2-8H2,1H3,(H,22,23)(H,24,25). The van der Waals surface area contributed by atoms with Crippen LogP contribution in [0.15, 0.2) is 12.1 Å². The highest BCUT2D eigenvalue weighted by Gasteiger charge is 2.33. The molecule has 0 radical (unpaired) electrons. The maximum Gasteiger partial charge on any atom is 0.416 e. The van der Waals surface area contributed by atoms with Crippen LogP contribution in [-0.4, -0.2) is 65.7 Å². The van der Waals surface area contributed by atoms with Crippen LogP contribution in [0.1, 0.15) is 42.5 Å². The minimum atomic E-state index is -1.11. The van der Waals surface area contributed by atoms with Crippen molar-refractivity contribution in [1.82, 2.24) is 4.90 Å². The van der Waals surface area contributed by atoms with Crippen LogP contribution in [0, 0.1) is 0 Å². The Labute approximate surface area is 167 Å². The van der Waals surface area contributed by atoms with E-state index in [2.05, 4.69) is 0 Å². The quantitative estimate of drug-likeness (QED) is 0.464. The Kier molecular flexibility index (Phi) is 7.81. The molecule has 10 nitrogen and oxygen atoms in total. The minimum Gasteiger partial charge on any atom is -0.493 e. The van der Waals surface area contributed by atoms with Crippen molar-refractivity contribution in [3.05, 3.63) is 17.7 Å². The molecular weight excluding hydrogens is 386 g/mol. The molecule has 1 aliphatic rings. The van der Waals surface area contributed by atoms with Crippen LogP contribution in [0.25, 0.3) is 0 Å². The number of rotatable bonds is 9. The molecular formula is C19H23NO9. The molecule has 0 spiro atoms. The number of piperidine rings is 1. The number of hydrogen-bond acceptors (Lipinski definition) is 7. The molecule has 1 aliphatic heterocycles. The fourth-order valence-corrected chi connectivity index (χ4v) is 2.97. The molecule has 0 bridgehead atoms. The smallest absolute Gasteiger partial charge is 0.416 e. The van der Waals surface area contributed by atoms with Crippen LogP contribution < -0.4 is 14.2 Å². The minimum absolute atomic E-state index is 0.0104. The Balaban J connectivity index is 2.17. The van der Waals surface area contributed by atoms with Crippen molar-refractivity contribution in [3.8, 4) is 17.2 Å². The monoisotopic (exact) mass is 409 g/mol.